The van der Waals surface area contributed by atoms with Crippen LogP contribution < -0.4 is 5.32 Å². The van der Waals surface area contributed by atoms with Crippen molar-refractivity contribution in [1.82, 2.24) is 15.3 Å². The van der Waals surface area contributed by atoms with Crippen molar-refractivity contribution in [2.24, 2.45) is 0 Å². The summed E-state index contributed by atoms with van der Waals surface area (Å²) >= 11 is 1.24. The molecule has 2 aromatic heterocycles. The van der Waals surface area contributed by atoms with E-state index in [4.69, 9.17) is 14.2 Å². The molecule has 44 heavy (non-hydrogen) atoms. The van der Waals surface area contributed by atoms with Crippen LogP contribution in [0.5, 0.6) is 0 Å². The van der Waals surface area contributed by atoms with Crippen LogP contribution in [0.25, 0.3) is 21.8 Å². The van der Waals surface area contributed by atoms with Gasteiger partial charge in [0.2, 0.25) is 0 Å². The topological polar surface area (TPSA) is 117 Å². The fourth-order valence-corrected chi connectivity index (χ4v) is 5.72. The number of carbonyl (C=O) groups excluding carboxylic acids is 3. The van der Waals surface area contributed by atoms with Gasteiger partial charge in [-0.05, 0) is 55.2 Å². The van der Waals surface area contributed by atoms with Gasteiger partial charge in [0.25, 0.3) is 0 Å². The maximum atomic E-state index is 13.2. The Hall–Kier alpha value is -4.83. The van der Waals surface area contributed by atoms with Crippen LogP contribution in [0.3, 0.4) is 0 Å². The molecule has 4 aromatic rings. The van der Waals surface area contributed by atoms with Crippen molar-refractivity contribution in [3.63, 3.8) is 0 Å². The second-order valence-corrected chi connectivity index (χ2v) is 12.1. The Morgan fingerprint density at radius 3 is 2.30 bits per heavy atom. The molecular weight excluding hydrogens is 578 g/mol. The van der Waals surface area contributed by atoms with Crippen molar-refractivity contribution in [2.45, 2.75) is 44.8 Å². The molecule has 2 aromatic carbocycles. The van der Waals surface area contributed by atoms with E-state index in [0.717, 1.165) is 22.3 Å². The van der Waals surface area contributed by atoms with Crippen molar-refractivity contribution >= 4 is 29.4 Å². The fraction of sp³-hybridized carbons (Fsp3) is 0.265. The van der Waals surface area contributed by atoms with Crippen LogP contribution in [0, 0.1) is 0 Å². The van der Waals surface area contributed by atoms with Gasteiger partial charge in [-0.25, -0.2) is 19.4 Å². The summed E-state index contributed by atoms with van der Waals surface area (Å²) < 4.78 is 16.4. The molecule has 0 saturated carbocycles. The average molecular weight is 612 g/mol. The van der Waals surface area contributed by atoms with E-state index in [9.17, 15) is 14.4 Å². The maximum absolute atomic E-state index is 13.2. The third kappa shape index (κ3) is 7.20. The molecule has 0 fully saturated rings. The Labute approximate surface area is 259 Å². The minimum absolute atomic E-state index is 0.0482. The molecule has 0 radical (unpaired) electrons. The van der Waals surface area contributed by atoms with Gasteiger partial charge in [0.05, 0.1) is 5.69 Å². The predicted molar refractivity (Wildman–Crippen MR) is 167 cm³/mol. The second-order valence-electron chi connectivity index (χ2n) is 11.2. The number of ether oxygens (including phenoxy) is 3. The van der Waals surface area contributed by atoms with Gasteiger partial charge < -0.3 is 19.5 Å². The van der Waals surface area contributed by atoms with Gasteiger partial charge in [-0.2, -0.15) is 0 Å². The van der Waals surface area contributed by atoms with Crippen LogP contribution in [-0.4, -0.2) is 52.9 Å². The number of fused-ring (bicyclic) bond motifs is 3. The molecule has 10 heteroatoms. The molecule has 1 aliphatic rings. The number of pyridine rings is 1. The first-order valence-corrected chi connectivity index (χ1v) is 15.0. The van der Waals surface area contributed by atoms with Gasteiger partial charge in [0, 0.05) is 23.4 Å². The Balaban J connectivity index is 1.30. The number of nitrogens with one attached hydrogen (secondary N) is 1. The zero-order valence-corrected chi connectivity index (χ0v) is 25.6. The van der Waals surface area contributed by atoms with Crippen LogP contribution in [0.1, 0.15) is 54.0 Å². The number of rotatable bonds is 10. The minimum Gasteiger partial charge on any atom is -0.458 e. The van der Waals surface area contributed by atoms with Gasteiger partial charge in [-0.3, -0.25) is 4.98 Å². The van der Waals surface area contributed by atoms with E-state index in [-0.39, 0.29) is 31.2 Å². The highest BCUT2D eigenvalue weighted by Crippen LogP contribution is 2.44. The highest BCUT2D eigenvalue weighted by Gasteiger charge is 2.31. The Bertz CT molecular complexity index is 1650. The lowest BCUT2D eigenvalue weighted by Crippen LogP contribution is -2.46. The largest absolute Gasteiger partial charge is 0.458 e. The van der Waals surface area contributed by atoms with E-state index in [1.54, 1.807) is 44.4 Å². The zero-order chi connectivity index (χ0) is 31.3. The van der Waals surface area contributed by atoms with E-state index in [2.05, 4.69) is 34.0 Å². The summed E-state index contributed by atoms with van der Waals surface area (Å²) in [5, 5.41) is 4.80. The van der Waals surface area contributed by atoms with Crippen molar-refractivity contribution in [2.75, 3.05) is 13.2 Å². The molecule has 1 amide bonds. The third-order valence-electron chi connectivity index (χ3n) is 6.81. The summed E-state index contributed by atoms with van der Waals surface area (Å²) in [7, 11) is 0. The van der Waals surface area contributed by atoms with Crippen LogP contribution in [0.4, 0.5) is 4.79 Å². The summed E-state index contributed by atoms with van der Waals surface area (Å²) in [5.41, 5.74) is 4.85. The van der Waals surface area contributed by atoms with Crippen molar-refractivity contribution in [3.05, 3.63) is 107 Å². The SMILES string of the molecule is C=CCOC(=O)c1csc(-c2cccc(C[C@H](NC(=O)OCC3c4ccccc4-c4ccccc43)C(=O)OC(C)(C)C)n2)n1. The number of amides is 1. The number of nitrogens with zero attached hydrogens (tertiary/aromatic N) is 2. The smallest absolute Gasteiger partial charge is 0.407 e. The Kier molecular flexibility index (Phi) is 9.20. The first-order chi connectivity index (χ1) is 21.1. The lowest BCUT2D eigenvalue weighted by Gasteiger charge is -2.24. The Morgan fingerprint density at radius 1 is 0.955 bits per heavy atom. The van der Waals surface area contributed by atoms with Crippen LogP contribution >= 0.6 is 11.3 Å². The summed E-state index contributed by atoms with van der Waals surface area (Å²) in [6, 6.07) is 20.3. The quantitative estimate of drug-likeness (QED) is 0.125. The number of hydrogen-bond donors (Lipinski definition) is 1. The molecule has 2 heterocycles. The first kappa shape index (κ1) is 30.6. The second kappa shape index (κ2) is 13.2. The van der Waals surface area contributed by atoms with Gasteiger partial charge in [0.15, 0.2) is 5.69 Å². The molecule has 226 valence electrons. The van der Waals surface area contributed by atoms with E-state index < -0.39 is 29.7 Å². The minimum atomic E-state index is -1.06. The molecule has 0 bridgehead atoms. The van der Waals surface area contributed by atoms with Gasteiger partial charge in [0.1, 0.15) is 29.9 Å². The van der Waals surface area contributed by atoms with E-state index in [1.165, 1.54) is 17.4 Å². The number of thiazole rings is 1. The number of esters is 2. The highest BCUT2D eigenvalue weighted by molar-refractivity contribution is 7.13. The van der Waals surface area contributed by atoms with Crippen LogP contribution in [0.2, 0.25) is 0 Å². The standard InChI is InChI=1S/C34H33N3O6S/c1-5-17-41-31(38)29-20-44-30(36-29)27-16-10-11-21(35-27)18-28(32(39)43-34(2,3)4)37-33(40)42-19-26-24-14-8-6-12-22(24)23-13-7-9-15-25(23)26/h5-16,20,26,28H,1,17-19H2,2-4H3,(H,37,40)/t28-/m0/s1. The van der Waals surface area contributed by atoms with Crippen molar-refractivity contribution in [3.8, 4) is 21.8 Å². The van der Waals surface area contributed by atoms with Gasteiger partial charge >= 0.3 is 18.0 Å². The van der Waals surface area contributed by atoms with E-state index in [1.807, 2.05) is 36.4 Å². The first-order valence-electron chi connectivity index (χ1n) is 14.2. The lowest BCUT2D eigenvalue weighted by molar-refractivity contribution is -0.157. The number of aromatic nitrogens is 2. The number of hydrogen-bond acceptors (Lipinski definition) is 9. The number of benzene rings is 2. The monoisotopic (exact) mass is 611 g/mol. The van der Waals surface area contributed by atoms with E-state index in [0.29, 0.717) is 16.4 Å². The molecule has 0 unspecified atom stereocenters. The molecule has 0 spiro atoms. The van der Waals surface area contributed by atoms with Crippen LogP contribution in [-0.2, 0) is 25.4 Å². The zero-order valence-electron chi connectivity index (χ0n) is 24.7. The molecule has 5 rings (SSSR count). The summed E-state index contributed by atoms with van der Waals surface area (Å²) in [6.45, 7) is 9.00. The Morgan fingerprint density at radius 2 is 1.64 bits per heavy atom. The van der Waals surface area contributed by atoms with Crippen LogP contribution in [0.15, 0.2) is 84.8 Å². The fourth-order valence-electron chi connectivity index (χ4n) is 4.96. The van der Waals surface area contributed by atoms with Gasteiger partial charge in [-0.15, -0.1) is 11.3 Å². The van der Waals surface area contributed by atoms with E-state index >= 15 is 0 Å². The van der Waals surface area contributed by atoms with Gasteiger partial charge in [-0.1, -0.05) is 67.3 Å². The summed E-state index contributed by atoms with van der Waals surface area (Å²) in [5.74, 6) is -1.29. The summed E-state index contributed by atoms with van der Waals surface area (Å²) in [4.78, 5) is 47.5. The maximum Gasteiger partial charge on any atom is 0.407 e. The number of alkyl carbamates (subject to hydrolysis) is 1. The van der Waals surface area contributed by atoms with Crippen molar-refractivity contribution < 1.29 is 28.6 Å². The number of carbonyl (C=O) groups is 3. The normalized spacial score (nSPS) is 12.9. The summed E-state index contributed by atoms with van der Waals surface area (Å²) in [6.07, 6.45) is 0.793. The highest BCUT2D eigenvalue weighted by atomic mass is 32.1. The molecule has 1 N–H and O–H groups in total. The van der Waals surface area contributed by atoms with Crippen molar-refractivity contribution in [1.29, 1.82) is 0 Å². The molecular formula is C34H33N3O6S. The molecule has 0 saturated heterocycles. The lowest BCUT2D eigenvalue weighted by atomic mass is 9.98. The molecule has 1 aliphatic carbocycles. The third-order valence-corrected chi connectivity index (χ3v) is 7.68. The molecule has 0 aliphatic heterocycles. The average Bonchev–Trinajstić information content (AvgIpc) is 3.62. The molecule has 9 nitrogen and oxygen atoms in total. The molecule has 1 atom stereocenters. The predicted octanol–water partition coefficient (Wildman–Crippen LogP) is 6.34.